The molecule has 162 valence electrons. The van der Waals surface area contributed by atoms with Crippen LogP contribution < -0.4 is 15.1 Å². The molecule has 0 spiro atoms. The van der Waals surface area contributed by atoms with E-state index < -0.39 is 11.9 Å². The number of fused-ring (bicyclic) bond motifs is 2. The lowest BCUT2D eigenvalue weighted by molar-refractivity contribution is 0.0970. The molecule has 7 nitrogen and oxygen atoms in total. The first-order valence-corrected chi connectivity index (χ1v) is 11.4. The summed E-state index contributed by atoms with van der Waals surface area (Å²) in [6, 6.07) is 11.4. The lowest BCUT2D eigenvalue weighted by Gasteiger charge is -2.22. The second-order valence-electron chi connectivity index (χ2n) is 7.23. The monoisotopic (exact) mass is 467 g/mol. The van der Waals surface area contributed by atoms with Crippen LogP contribution in [0.3, 0.4) is 0 Å². The van der Waals surface area contributed by atoms with Crippen LogP contribution in [0.2, 0.25) is 5.02 Å². The zero-order valence-corrected chi connectivity index (χ0v) is 18.9. The van der Waals surface area contributed by atoms with Crippen molar-refractivity contribution in [2.45, 2.75) is 26.3 Å². The Hall–Kier alpha value is -3.23. The normalized spacial score (nSPS) is 15.4. The number of benzene rings is 2. The van der Waals surface area contributed by atoms with Gasteiger partial charge in [0.2, 0.25) is 10.9 Å². The van der Waals surface area contributed by atoms with Crippen molar-refractivity contribution in [3.05, 3.63) is 79.6 Å². The number of ether oxygens (including phenoxy) is 1. The highest BCUT2D eigenvalue weighted by atomic mass is 35.5. The average molecular weight is 468 g/mol. The van der Waals surface area contributed by atoms with Gasteiger partial charge in [-0.05, 0) is 49.2 Å². The van der Waals surface area contributed by atoms with E-state index >= 15 is 0 Å². The van der Waals surface area contributed by atoms with E-state index in [9.17, 15) is 9.59 Å². The van der Waals surface area contributed by atoms with E-state index in [1.807, 2.05) is 38.1 Å². The third-order valence-corrected chi connectivity index (χ3v) is 6.61. The molecule has 32 heavy (non-hydrogen) atoms. The van der Waals surface area contributed by atoms with Crippen molar-refractivity contribution in [2.75, 3.05) is 11.5 Å². The molecule has 4 aromatic rings. The van der Waals surface area contributed by atoms with Crippen molar-refractivity contribution in [3.8, 4) is 5.75 Å². The Bertz CT molecular complexity index is 1400. The van der Waals surface area contributed by atoms with E-state index in [0.29, 0.717) is 39.9 Å². The molecule has 5 rings (SSSR count). The van der Waals surface area contributed by atoms with Crippen LogP contribution in [-0.4, -0.2) is 22.7 Å². The van der Waals surface area contributed by atoms with Crippen molar-refractivity contribution in [2.24, 2.45) is 0 Å². The molecule has 3 heterocycles. The molecular formula is C23H18ClN3O4S. The summed E-state index contributed by atoms with van der Waals surface area (Å²) in [4.78, 5) is 28.5. The molecule has 0 aliphatic carbocycles. The van der Waals surface area contributed by atoms with Gasteiger partial charge in [-0.2, -0.15) is 0 Å². The maximum Gasteiger partial charge on any atom is 0.297 e. The van der Waals surface area contributed by atoms with Gasteiger partial charge < -0.3 is 9.15 Å². The van der Waals surface area contributed by atoms with Crippen molar-refractivity contribution >= 4 is 44.9 Å². The molecular weight excluding hydrogens is 450 g/mol. The minimum absolute atomic E-state index is 0.0111. The topological polar surface area (TPSA) is 85.5 Å². The fourth-order valence-electron chi connectivity index (χ4n) is 3.86. The van der Waals surface area contributed by atoms with Gasteiger partial charge in [-0.15, -0.1) is 10.2 Å². The second-order valence-corrected chi connectivity index (χ2v) is 8.70. The number of anilines is 1. The number of hydrogen-bond donors (Lipinski definition) is 0. The number of carbonyl (C=O) groups is 1. The van der Waals surface area contributed by atoms with Crippen LogP contribution in [-0.2, 0) is 6.42 Å². The lowest BCUT2D eigenvalue weighted by Crippen LogP contribution is -2.29. The van der Waals surface area contributed by atoms with Gasteiger partial charge in [0.1, 0.15) is 16.3 Å². The van der Waals surface area contributed by atoms with Gasteiger partial charge in [0, 0.05) is 5.02 Å². The van der Waals surface area contributed by atoms with Crippen molar-refractivity contribution < 1.29 is 13.9 Å². The molecule has 1 unspecified atom stereocenters. The number of aryl methyl sites for hydroxylation is 1. The summed E-state index contributed by atoms with van der Waals surface area (Å²) in [7, 11) is 0. The highest BCUT2D eigenvalue weighted by Gasteiger charge is 2.45. The summed E-state index contributed by atoms with van der Waals surface area (Å²) in [5, 5.41) is 10.3. The molecule has 0 saturated carbocycles. The molecule has 0 saturated heterocycles. The zero-order chi connectivity index (χ0) is 22.4. The smallest absolute Gasteiger partial charge is 0.297 e. The quantitative estimate of drug-likeness (QED) is 0.410. The third kappa shape index (κ3) is 3.27. The molecule has 0 bridgehead atoms. The number of amides is 1. The Morgan fingerprint density at radius 3 is 2.59 bits per heavy atom. The zero-order valence-electron chi connectivity index (χ0n) is 17.3. The van der Waals surface area contributed by atoms with Gasteiger partial charge in [-0.1, -0.05) is 42.0 Å². The minimum Gasteiger partial charge on any atom is -0.494 e. The Morgan fingerprint density at radius 2 is 1.91 bits per heavy atom. The number of rotatable bonds is 5. The van der Waals surface area contributed by atoms with E-state index in [4.69, 9.17) is 20.8 Å². The van der Waals surface area contributed by atoms with Crippen LogP contribution in [0.5, 0.6) is 5.75 Å². The standard InChI is InChI=1S/C23H18ClN3O4S/c1-3-17-25-26-23(32-17)27-19(12-5-8-14(9-6-12)30-4-2)18-20(28)15-11-13(24)7-10-16(15)31-21(18)22(27)29/h5-11,19H,3-4H2,1-2H3. The average Bonchev–Trinajstić information content (AvgIpc) is 3.38. The van der Waals surface area contributed by atoms with Crippen LogP contribution >= 0.6 is 22.9 Å². The molecule has 0 N–H and O–H groups in total. The van der Waals surface area contributed by atoms with E-state index in [1.54, 1.807) is 18.2 Å². The maximum atomic E-state index is 13.6. The molecule has 1 aliphatic rings. The molecule has 1 aliphatic heterocycles. The highest BCUT2D eigenvalue weighted by molar-refractivity contribution is 7.15. The second kappa shape index (κ2) is 8.03. The number of hydrogen-bond acceptors (Lipinski definition) is 7. The molecule has 1 atom stereocenters. The van der Waals surface area contributed by atoms with E-state index in [0.717, 1.165) is 10.6 Å². The number of halogens is 1. The van der Waals surface area contributed by atoms with Gasteiger partial charge in [0.15, 0.2) is 5.43 Å². The van der Waals surface area contributed by atoms with Crippen LogP contribution in [0.1, 0.15) is 46.6 Å². The van der Waals surface area contributed by atoms with Crippen molar-refractivity contribution in [1.82, 2.24) is 10.2 Å². The minimum atomic E-state index is -0.703. The third-order valence-electron chi connectivity index (χ3n) is 5.30. The van der Waals surface area contributed by atoms with Crippen molar-refractivity contribution in [1.29, 1.82) is 0 Å². The predicted octanol–water partition coefficient (Wildman–Crippen LogP) is 5.01. The van der Waals surface area contributed by atoms with Gasteiger partial charge in [0.25, 0.3) is 5.91 Å². The molecule has 2 aromatic carbocycles. The molecule has 9 heteroatoms. The predicted molar refractivity (Wildman–Crippen MR) is 123 cm³/mol. The largest absolute Gasteiger partial charge is 0.494 e. The molecule has 2 aromatic heterocycles. The SMILES string of the molecule is CCOc1ccc(C2c3c(oc4ccc(Cl)cc4c3=O)C(=O)N2c2nnc(CC)s2)cc1. The first kappa shape index (κ1) is 20.7. The first-order valence-electron chi connectivity index (χ1n) is 10.2. The van der Waals surface area contributed by atoms with E-state index in [-0.39, 0.29) is 16.8 Å². The maximum absolute atomic E-state index is 13.6. The molecule has 1 amide bonds. The number of carbonyl (C=O) groups excluding carboxylic acids is 1. The Kier molecular flexibility index (Phi) is 5.19. The number of nitrogens with zero attached hydrogens (tertiary/aromatic N) is 3. The van der Waals surface area contributed by atoms with Crippen LogP contribution in [0.25, 0.3) is 11.0 Å². The summed E-state index contributed by atoms with van der Waals surface area (Å²) < 4.78 is 11.5. The Balaban J connectivity index is 1.75. The number of aromatic nitrogens is 2. The van der Waals surface area contributed by atoms with Gasteiger partial charge in [-0.3, -0.25) is 14.5 Å². The summed E-state index contributed by atoms with van der Waals surface area (Å²) in [5.41, 5.74) is 1.02. The van der Waals surface area contributed by atoms with Gasteiger partial charge in [-0.25, -0.2) is 0 Å². The summed E-state index contributed by atoms with van der Waals surface area (Å²) in [6.45, 7) is 4.41. The molecule has 0 fully saturated rings. The highest BCUT2D eigenvalue weighted by Crippen LogP contribution is 2.42. The summed E-state index contributed by atoms with van der Waals surface area (Å²) in [5.74, 6) is 0.289. The van der Waals surface area contributed by atoms with Crippen LogP contribution in [0, 0.1) is 0 Å². The fraction of sp³-hybridized carbons (Fsp3) is 0.217. The van der Waals surface area contributed by atoms with Crippen LogP contribution in [0.15, 0.2) is 51.7 Å². The van der Waals surface area contributed by atoms with E-state index in [1.165, 1.54) is 16.2 Å². The fourth-order valence-corrected chi connectivity index (χ4v) is 4.83. The lowest BCUT2D eigenvalue weighted by atomic mass is 9.98. The summed E-state index contributed by atoms with van der Waals surface area (Å²) in [6.07, 6.45) is 0.694. The Morgan fingerprint density at radius 1 is 1.12 bits per heavy atom. The van der Waals surface area contributed by atoms with Crippen LogP contribution in [0.4, 0.5) is 5.13 Å². The Labute approximate surface area is 192 Å². The van der Waals surface area contributed by atoms with Crippen molar-refractivity contribution in [3.63, 3.8) is 0 Å². The summed E-state index contributed by atoms with van der Waals surface area (Å²) >= 11 is 7.45. The van der Waals surface area contributed by atoms with Gasteiger partial charge in [0.05, 0.1) is 23.6 Å². The van der Waals surface area contributed by atoms with Gasteiger partial charge >= 0.3 is 0 Å². The molecule has 0 radical (unpaired) electrons. The first-order chi connectivity index (χ1) is 15.5. The van der Waals surface area contributed by atoms with E-state index in [2.05, 4.69) is 10.2 Å².